The van der Waals surface area contributed by atoms with E-state index in [4.69, 9.17) is 4.74 Å². The lowest BCUT2D eigenvalue weighted by Gasteiger charge is -2.48. The molecule has 2 aliphatic rings. The van der Waals surface area contributed by atoms with Crippen LogP contribution >= 0.6 is 0 Å². The first kappa shape index (κ1) is 18.8. The van der Waals surface area contributed by atoms with Gasteiger partial charge in [0.05, 0.1) is 25.3 Å². The number of pyridine rings is 1. The van der Waals surface area contributed by atoms with Crippen LogP contribution in [0.1, 0.15) is 44.7 Å². The van der Waals surface area contributed by atoms with Gasteiger partial charge in [0.15, 0.2) is 0 Å². The fraction of sp³-hybridized carbons (Fsp3) is 0.650. The maximum absolute atomic E-state index is 12.5. The molecule has 1 atom stereocenters. The molecule has 1 aromatic rings. The average molecular weight is 359 g/mol. The molecule has 2 aliphatic heterocycles. The number of rotatable bonds is 6. The zero-order chi connectivity index (χ0) is 18.4. The summed E-state index contributed by atoms with van der Waals surface area (Å²) >= 11 is 0. The van der Waals surface area contributed by atoms with Crippen molar-refractivity contribution < 1.29 is 14.3 Å². The van der Waals surface area contributed by atoms with E-state index in [1.165, 1.54) is 0 Å². The highest BCUT2D eigenvalue weighted by atomic mass is 16.5. The van der Waals surface area contributed by atoms with Crippen molar-refractivity contribution in [1.29, 1.82) is 0 Å². The highest BCUT2D eigenvalue weighted by Crippen LogP contribution is 2.39. The number of ether oxygens (including phenoxy) is 1. The number of hydrogen-bond acceptors (Lipinski definition) is 4. The second-order valence-electron chi connectivity index (χ2n) is 7.44. The second-order valence-corrected chi connectivity index (χ2v) is 7.44. The van der Waals surface area contributed by atoms with Gasteiger partial charge in [-0.2, -0.15) is 0 Å². The summed E-state index contributed by atoms with van der Waals surface area (Å²) in [6.07, 6.45) is 5.73. The second kappa shape index (κ2) is 8.62. The molecule has 1 spiro atoms. The fourth-order valence-electron chi connectivity index (χ4n) is 4.15. The van der Waals surface area contributed by atoms with Gasteiger partial charge in [-0.1, -0.05) is 6.07 Å². The fourth-order valence-corrected chi connectivity index (χ4v) is 4.15. The van der Waals surface area contributed by atoms with Gasteiger partial charge in [-0.15, -0.1) is 0 Å². The Hall–Kier alpha value is -1.95. The minimum Gasteiger partial charge on any atom is -0.381 e. The molecule has 0 unspecified atom stereocenters. The Morgan fingerprint density at radius 1 is 1.31 bits per heavy atom. The molecule has 0 saturated carbocycles. The van der Waals surface area contributed by atoms with E-state index < -0.39 is 0 Å². The van der Waals surface area contributed by atoms with E-state index in [-0.39, 0.29) is 17.2 Å². The molecule has 3 rings (SSSR count). The maximum atomic E-state index is 12.5. The lowest BCUT2D eigenvalue weighted by Crippen LogP contribution is -2.55. The van der Waals surface area contributed by atoms with Crippen LogP contribution in [0.2, 0.25) is 0 Å². The minimum atomic E-state index is 0.0300. The molecule has 0 bridgehead atoms. The highest BCUT2D eigenvalue weighted by molar-refractivity contribution is 5.78. The van der Waals surface area contributed by atoms with Gasteiger partial charge < -0.3 is 14.5 Å². The van der Waals surface area contributed by atoms with Gasteiger partial charge in [0, 0.05) is 44.3 Å². The van der Waals surface area contributed by atoms with Crippen LogP contribution in [-0.4, -0.2) is 59.4 Å². The quantitative estimate of drug-likeness (QED) is 0.731. The zero-order valence-electron chi connectivity index (χ0n) is 15.7. The average Bonchev–Trinajstić information content (AvgIpc) is 2.66. The Balaban J connectivity index is 1.62. The molecule has 2 amide bonds. The number of carbonyl (C=O) groups is 2. The van der Waals surface area contributed by atoms with Gasteiger partial charge in [0.2, 0.25) is 11.8 Å². The molecule has 26 heavy (non-hydrogen) atoms. The van der Waals surface area contributed by atoms with Gasteiger partial charge in [-0.3, -0.25) is 14.6 Å². The number of nitrogens with zero attached hydrogens (tertiary/aromatic N) is 3. The van der Waals surface area contributed by atoms with Crippen molar-refractivity contribution in [3.8, 4) is 0 Å². The third kappa shape index (κ3) is 4.61. The van der Waals surface area contributed by atoms with E-state index >= 15 is 0 Å². The van der Waals surface area contributed by atoms with Gasteiger partial charge in [0.25, 0.3) is 0 Å². The first-order chi connectivity index (χ1) is 12.6. The van der Waals surface area contributed by atoms with Crippen molar-refractivity contribution in [2.45, 2.75) is 45.6 Å². The molecule has 0 N–H and O–H groups in total. The van der Waals surface area contributed by atoms with Crippen LogP contribution in [0.3, 0.4) is 0 Å². The van der Waals surface area contributed by atoms with E-state index in [1.54, 1.807) is 6.20 Å². The SMILES string of the molecule is CCOCCC(=O)N1CCC[C@@]2(CCC(=O)N(Cc3ccccn3)C2)C1. The third-order valence-electron chi connectivity index (χ3n) is 5.51. The molecule has 6 nitrogen and oxygen atoms in total. The summed E-state index contributed by atoms with van der Waals surface area (Å²) in [5.41, 5.74) is 0.945. The number of amides is 2. The lowest BCUT2D eigenvalue weighted by atomic mass is 9.73. The van der Waals surface area contributed by atoms with Crippen LogP contribution in [0.4, 0.5) is 0 Å². The van der Waals surface area contributed by atoms with E-state index in [1.807, 2.05) is 34.9 Å². The molecule has 6 heteroatoms. The molecule has 2 fully saturated rings. The Kier molecular flexibility index (Phi) is 6.25. The Bertz CT molecular complexity index is 622. The lowest BCUT2D eigenvalue weighted by molar-refractivity contribution is -0.144. The third-order valence-corrected chi connectivity index (χ3v) is 5.51. The molecule has 0 aromatic carbocycles. The van der Waals surface area contributed by atoms with E-state index in [2.05, 4.69) is 4.98 Å². The van der Waals surface area contributed by atoms with Crippen molar-refractivity contribution in [1.82, 2.24) is 14.8 Å². The van der Waals surface area contributed by atoms with Crippen molar-refractivity contribution in [2.24, 2.45) is 5.41 Å². The zero-order valence-corrected chi connectivity index (χ0v) is 15.7. The predicted molar refractivity (Wildman–Crippen MR) is 98.2 cm³/mol. The summed E-state index contributed by atoms with van der Waals surface area (Å²) in [4.78, 5) is 33.2. The first-order valence-corrected chi connectivity index (χ1v) is 9.65. The monoisotopic (exact) mass is 359 g/mol. The summed E-state index contributed by atoms with van der Waals surface area (Å²) in [5, 5.41) is 0. The van der Waals surface area contributed by atoms with Crippen LogP contribution in [0.25, 0.3) is 0 Å². The van der Waals surface area contributed by atoms with Crippen LogP contribution in [0.5, 0.6) is 0 Å². The highest BCUT2D eigenvalue weighted by Gasteiger charge is 2.42. The smallest absolute Gasteiger partial charge is 0.224 e. The molecule has 0 aliphatic carbocycles. The number of likely N-dealkylation sites (tertiary alicyclic amines) is 2. The largest absolute Gasteiger partial charge is 0.381 e. The number of carbonyl (C=O) groups excluding carboxylic acids is 2. The summed E-state index contributed by atoms with van der Waals surface area (Å²) in [5.74, 6) is 0.367. The molecule has 3 heterocycles. The normalized spacial score (nSPS) is 23.5. The standard InChI is InChI=1S/C20H29N3O3/c1-2-26-13-8-19(25)22-12-5-9-20(15-22)10-7-18(24)23(16-20)14-17-6-3-4-11-21-17/h3-4,6,11H,2,5,7-10,12-16H2,1H3/t20-/m1/s1. The molecule has 2 saturated heterocycles. The van der Waals surface area contributed by atoms with Crippen LogP contribution in [-0.2, 0) is 20.9 Å². The summed E-state index contributed by atoms with van der Waals surface area (Å²) in [7, 11) is 0. The summed E-state index contributed by atoms with van der Waals surface area (Å²) < 4.78 is 5.32. The van der Waals surface area contributed by atoms with Crippen LogP contribution < -0.4 is 0 Å². The first-order valence-electron chi connectivity index (χ1n) is 9.65. The number of hydrogen-bond donors (Lipinski definition) is 0. The van der Waals surface area contributed by atoms with Crippen molar-refractivity contribution in [2.75, 3.05) is 32.8 Å². The Morgan fingerprint density at radius 2 is 2.19 bits per heavy atom. The van der Waals surface area contributed by atoms with Crippen LogP contribution in [0, 0.1) is 5.41 Å². The van der Waals surface area contributed by atoms with Crippen molar-refractivity contribution >= 4 is 11.8 Å². The number of piperidine rings is 2. The summed E-state index contributed by atoms with van der Waals surface area (Å²) in [6, 6.07) is 5.79. The maximum Gasteiger partial charge on any atom is 0.224 e. The molecular formula is C20H29N3O3. The molecule has 1 aromatic heterocycles. The minimum absolute atomic E-state index is 0.0300. The predicted octanol–water partition coefficient (Wildman–Crippen LogP) is 2.24. The molecule has 0 radical (unpaired) electrons. The summed E-state index contributed by atoms with van der Waals surface area (Å²) in [6.45, 7) is 5.92. The van der Waals surface area contributed by atoms with Gasteiger partial charge in [-0.25, -0.2) is 0 Å². The van der Waals surface area contributed by atoms with E-state index in [9.17, 15) is 9.59 Å². The topological polar surface area (TPSA) is 62.7 Å². The van der Waals surface area contributed by atoms with Crippen LogP contribution in [0.15, 0.2) is 24.4 Å². The Labute approximate surface area is 155 Å². The van der Waals surface area contributed by atoms with Gasteiger partial charge >= 0.3 is 0 Å². The van der Waals surface area contributed by atoms with Crippen molar-refractivity contribution in [3.05, 3.63) is 30.1 Å². The van der Waals surface area contributed by atoms with Gasteiger partial charge in [-0.05, 0) is 38.3 Å². The van der Waals surface area contributed by atoms with E-state index in [0.29, 0.717) is 32.6 Å². The van der Waals surface area contributed by atoms with Gasteiger partial charge in [0.1, 0.15) is 0 Å². The number of aromatic nitrogens is 1. The van der Waals surface area contributed by atoms with E-state index in [0.717, 1.165) is 44.6 Å². The molecule has 142 valence electrons. The van der Waals surface area contributed by atoms with Crippen molar-refractivity contribution in [3.63, 3.8) is 0 Å². The molecular weight excluding hydrogens is 330 g/mol. The Morgan fingerprint density at radius 3 is 2.96 bits per heavy atom.